The second-order valence-corrected chi connectivity index (χ2v) is 8.65. The van der Waals surface area contributed by atoms with Crippen LogP contribution in [0.3, 0.4) is 0 Å². The molecule has 26 heavy (non-hydrogen) atoms. The van der Waals surface area contributed by atoms with Gasteiger partial charge in [0.2, 0.25) is 10.0 Å². The highest BCUT2D eigenvalue weighted by atomic mass is 32.2. The van der Waals surface area contributed by atoms with Gasteiger partial charge in [-0.05, 0) is 61.9 Å². The second-order valence-electron chi connectivity index (χ2n) is 6.88. The minimum atomic E-state index is -3.53. The molecule has 0 bridgehead atoms. The van der Waals surface area contributed by atoms with Gasteiger partial charge in [0.15, 0.2) is 0 Å². The molecule has 2 aromatic rings. The van der Waals surface area contributed by atoms with Gasteiger partial charge in [-0.2, -0.15) is 0 Å². The molecule has 0 unspecified atom stereocenters. The molecular weight excluding hydrogens is 348 g/mol. The monoisotopic (exact) mass is 374 g/mol. The van der Waals surface area contributed by atoms with Crippen LogP contribution in [0.15, 0.2) is 41.4 Å². The number of aryl methyl sites for hydroxylation is 2. The predicted molar refractivity (Wildman–Crippen MR) is 104 cm³/mol. The van der Waals surface area contributed by atoms with E-state index in [1.54, 1.807) is 18.3 Å². The van der Waals surface area contributed by atoms with E-state index in [0.29, 0.717) is 4.90 Å². The van der Waals surface area contributed by atoms with E-state index >= 15 is 0 Å². The van der Waals surface area contributed by atoms with Crippen molar-refractivity contribution < 1.29 is 8.42 Å². The van der Waals surface area contributed by atoms with Crippen LogP contribution in [0.1, 0.15) is 16.7 Å². The molecule has 3 rings (SSSR count). The largest absolute Gasteiger partial charge is 0.354 e. The molecule has 140 valence electrons. The van der Waals surface area contributed by atoms with E-state index in [1.807, 2.05) is 32.0 Å². The molecule has 1 aliphatic rings. The van der Waals surface area contributed by atoms with Crippen molar-refractivity contribution in [3.63, 3.8) is 0 Å². The summed E-state index contributed by atoms with van der Waals surface area (Å²) in [5.74, 6) is 0.904. The number of anilines is 1. The zero-order valence-corrected chi connectivity index (χ0v) is 16.4. The van der Waals surface area contributed by atoms with Crippen molar-refractivity contribution in [2.24, 2.45) is 0 Å². The van der Waals surface area contributed by atoms with Crippen LogP contribution in [-0.2, 0) is 16.6 Å². The third kappa shape index (κ3) is 4.41. The maximum absolute atomic E-state index is 12.5. The van der Waals surface area contributed by atoms with Gasteiger partial charge >= 0.3 is 0 Å². The normalized spacial score (nSPS) is 16.0. The molecule has 0 atom stereocenters. The summed E-state index contributed by atoms with van der Waals surface area (Å²) >= 11 is 0. The standard InChI is InChI=1S/C19H26N4O2S/c1-15-4-5-18(12-16(15)2)26(24,25)21-14-17-6-7-20-19(13-17)23-10-8-22(3)9-11-23/h4-7,12-13,21H,8-11,14H2,1-3H3. The highest BCUT2D eigenvalue weighted by molar-refractivity contribution is 7.89. The fourth-order valence-electron chi connectivity index (χ4n) is 2.92. The van der Waals surface area contributed by atoms with Crippen LogP contribution in [0.5, 0.6) is 0 Å². The van der Waals surface area contributed by atoms with E-state index in [4.69, 9.17) is 0 Å². The van der Waals surface area contributed by atoms with Gasteiger partial charge in [0.05, 0.1) is 4.90 Å². The van der Waals surface area contributed by atoms with Gasteiger partial charge in [0, 0.05) is 38.9 Å². The van der Waals surface area contributed by atoms with Crippen molar-refractivity contribution in [2.75, 3.05) is 38.1 Å². The van der Waals surface area contributed by atoms with Gasteiger partial charge < -0.3 is 9.80 Å². The first-order valence-electron chi connectivity index (χ1n) is 8.80. The lowest BCUT2D eigenvalue weighted by molar-refractivity contribution is 0.312. The topological polar surface area (TPSA) is 65.5 Å². The highest BCUT2D eigenvalue weighted by Gasteiger charge is 2.17. The van der Waals surface area contributed by atoms with E-state index in [-0.39, 0.29) is 6.54 Å². The van der Waals surface area contributed by atoms with Crippen LogP contribution < -0.4 is 9.62 Å². The molecule has 1 aliphatic heterocycles. The smallest absolute Gasteiger partial charge is 0.240 e. The summed E-state index contributed by atoms with van der Waals surface area (Å²) in [5, 5.41) is 0. The quantitative estimate of drug-likeness (QED) is 0.866. The molecule has 7 heteroatoms. The number of aromatic nitrogens is 1. The second kappa shape index (κ2) is 7.73. The zero-order valence-electron chi connectivity index (χ0n) is 15.6. The fourth-order valence-corrected chi connectivity index (χ4v) is 4.02. The van der Waals surface area contributed by atoms with E-state index in [9.17, 15) is 8.42 Å². The minimum absolute atomic E-state index is 0.249. The first-order chi connectivity index (χ1) is 12.3. The van der Waals surface area contributed by atoms with Crippen LogP contribution in [0, 0.1) is 13.8 Å². The molecule has 1 aromatic heterocycles. The molecule has 1 aromatic carbocycles. The highest BCUT2D eigenvalue weighted by Crippen LogP contribution is 2.17. The lowest BCUT2D eigenvalue weighted by Gasteiger charge is -2.33. The number of sulfonamides is 1. The minimum Gasteiger partial charge on any atom is -0.354 e. The van der Waals surface area contributed by atoms with Crippen LogP contribution >= 0.6 is 0 Å². The molecule has 1 saturated heterocycles. The van der Waals surface area contributed by atoms with Crippen LogP contribution in [-0.4, -0.2) is 51.5 Å². The van der Waals surface area contributed by atoms with E-state index in [0.717, 1.165) is 48.7 Å². The Morgan fingerprint density at radius 1 is 1.04 bits per heavy atom. The molecule has 1 fully saturated rings. The number of rotatable bonds is 5. The molecule has 0 spiro atoms. The summed E-state index contributed by atoms with van der Waals surface area (Å²) in [6.45, 7) is 8.01. The van der Waals surface area contributed by atoms with Crippen molar-refractivity contribution in [3.05, 3.63) is 53.2 Å². The summed E-state index contributed by atoms with van der Waals surface area (Å²) < 4.78 is 27.8. The van der Waals surface area contributed by atoms with Gasteiger partial charge in [0.1, 0.15) is 5.82 Å². The summed E-state index contributed by atoms with van der Waals surface area (Å²) in [4.78, 5) is 9.27. The SMILES string of the molecule is Cc1ccc(S(=O)(=O)NCc2ccnc(N3CCN(C)CC3)c2)cc1C. The van der Waals surface area contributed by atoms with Crippen molar-refractivity contribution in [3.8, 4) is 0 Å². The zero-order chi connectivity index (χ0) is 18.7. The number of piperazine rings is 1. The average molecular weight is 375 g/mol. The lowest BCUT2D eigenvalue weighted by atomic mass is 10.1. The first-order valence-corrected chi connectivity index (χ1v) is 10.3. The summed E-state index contributed by atoms with van der Waals surface area (Å²) in [5.41, 5.74) is 2.95. The molecule has 0 saturated carbocycles. The van der Waals surface area contributed by atoms with Crippen molar-refractivity contribution in [1.82, 2.24) is 14.6 Å². The Bertz CT molecular complexity index is 875. The first kappa shape index (κ1) is 18.8. The summed E-state index contributed by atoms with van der Waals surface area (Å²) in [6.07, 6.45) is 1.74. The Labute approximate surface area is 155 Å². The molecule has 6 nitrogen and oxygen atoms in total. The summed E-state index contributed by atoms with van der Waals surface area (Å²) in [7, 11) is -1.42. The predicted octanol–water partition coefficient (Wildman–Crippen LogP) is 1.93. The lowest BCUT2D eigenvalue weighted by Crippen LogP contribution is -2.44. The molecule has 2 heterocycles. The van der Waals surface area contributed by atoms with Crippen LogP contribution in [0.25, 0.3) is 0 Å². The number of hydrogen-bond donors (Lipinski definition) is 1. The molecule has 0 aliphatic carbocycles. The Balaban J connectivity index is 1.69. The maximum Gasteiger partial charge on any atom is 0.240 e. The number of pyridine rings is 1. The Morgan fingerprint density at radius 2 is 1.77 bits per heavy atom. The van der Waals surface area contributed by atoms with Crippen molar-refractivity contribution >= 4 is 15.8 Å². The number of nitrogens with one attached hydrogen (secondary N) is 1. The van der Waals surface area contributed by atoms with Crippen LogP contribution in [0.2, 0.25) is 0 Å². The molecule has 1 N–H and O–H groups in total. The van der Waals surface area contributed by atoms with E-state index in [2.05, 4.69) is 26.6 Å². The van der Waals surface area contributed by atoms with Crippen molar-refractivity contribution in [1.29, 1.82) is 0 Å². The maximum atomic E-state index is 12.5. The Hall–Kier alpha value is -1.96. The fraction of sp³-hybridized carbons (Fsp3) is 0.421. The molecular formula is C19H26N4O2S. The third-order valence-corrected chi connectivity index (χ3v) is 6.29. The molecule has 0 radical (unpaired) electrons. The Kier molecular flexibility index (Phi) is 5.60. The number of nitrogens with zero attached hydrogens (tertiary/aromatic N) is 3. The summed E-state index contributed by atoms with van der Waals surface area (Å²) in [6, 6.07) is 9.01. The number of likely N-dealkylation sites (N-methyl/N-ethyl adjacent to an activating group) is 1. The number of hydrogen-bond acceptors (Lipinski definition) is 5. The van der Waals surface area contributed by atoms with E-state index in [1.165, 1.54) is 0 Å². The Morgan fingerprint density at radius 3 is 2.46 bits per heavy atom. The van der Waals surface area contributed by atoms with Crippen LogP contribution in [0.4, 0.5) is 5.82 Å². The third-order valence-electron chi connectivity index (χ3n) is 4.89. The van der Waals surface area contributed by atoms with Gasteiger partial charge in [-0.3, -0.25) is 0 Å². The average Bonchev–Trinajstić information content (AvgIpc) is 2.63. The van der Waals surface area contributed by atoms with Crippen molar-refractivity contribution in [2.45, 2.75) is 25.3 Å². The van der Waals surface area contributed by atoms with Gasteiger partial charge in [-0.15, -0.1) is 0 Å². The van der Waals surface area contributed by atoms with Gasteiger partial charge in [0.25, 0.3) is 0 Å². The number of benzene rings is 1. The van der Waals surface area contributed by atoms with E-state index < -0.39 is 10.0 Å². The van der Waals surface area contributed by atoms with Gasteiger partial charge in [-0.25, -0.2) is 18.1 Å². The molecule has 0 amide bonds. The van der Waals surface area contributed by atoms with Gasteiger partial charge in [-0.1, -0.05) is 6.07 Å².